The Kier molecular flexibility index (Phi) is 4.65. The number of allylic oxidation sites excluding steroid dienone is 1. The Morgan fingerprint density at radius 3 is 2.63 bits per heavy atom. The maximum Gasteiger partial charge on any atom is 0.178 e. The lowest BCUT2D eigenvalue weighted by Crippen LogP contribution is -2.20. The molecule has 1 aliphatic rings. The van der Waals surface area contributed by atoms with Gasteiger partial charge in [0.1, 0.15) is 0 Å². The van der Waals surface area contributed by atoms with Gasteiger partial charge in [0.05, 0.1) is 4.75 Å². The first-order valence-corrected chi connectivity index (χ1v) is 8.07. The van der Waals surface area contributed by atoms with Crippen LogP contribution in [0.15, 0.2) is 24.8 Å². The summed E-state index contributed by atoms with van der Waals surface area (Å²) in [5.41, 5.74) is 1.20. The largest absolute Gasteiger partial charge is 0.293 e. The van der Waals surface area contributed by atoms with Gasteiger partial charge in [-0.15, -0.1) is 11.8 Å². The number of rotatable bonds is 6. The van der Waals surface area contributed by atoms with Gasteiger partial charge in [0.15, 0.2) is 5.78 Å². The van der Waals surface area contributed by atoms with Gasteiger partial charge < -0.3 is 0 Å². The van der Waals surface area contributed by atoms with E-state index in [0.29, 0.717) is 21.2 Å². The van der Waals surface area contributed by atoms with E-state index < -0.39 is 0 Å². The zero-order valence-electron chi connectivity index (χ0n) is 10.8. The molecular weight excluding hydrogens is 299 g/mol. The number of carbonyl (C=O) groups excluding carboxylic acids is 1. The summed E-state index contributed by atoms with van der Waals surface area (Å²) >= 11 is 13.8. The lowest BCUT2D eigenvalue weighted by molar-refractivity contribution is -0.113. The summed E-state index contributed by atoms with van der Waals surface area (Å²) in [5.74, 6) is 1.13. The number of hydrogen-bond acceptors (Lipinski definition) is 2. The van der Waals surface area contributed by atoms with E-state index >= 15 is 0 Å². The van der Waals surface area contributed by atoms with E-state index in [1.807, 2.05) is 0 Å². The predicted octanol–water partition coefficient (Wildman–Crippen LogP) is 5.25. The highest BCUT2D eigenvalue weighted by atomic mass is 35.5. The van der Waals surface area contributed by atoms with Crippen LogP contribution in [0.4, 0.5) is 0 Å². The van der Waals surface area contributed by atoms with E-state index in [1.165, 1.54) is 0 Å². The molecular formula is C15H16Cl2OS. The molecule has 1 aromatic carbocycles. The number of carbonyl (C=O) groups is 1. The minimum absolute atomic E-state index is 0.121. The second kappa shape index (κ2) is 5.90. The average molecular weight is 315 g/mol. The summed E-state index contributed by atoms with van der Waals surface area (Å²) in [6.45, 7) is 6.06. The van der Waals surface area contributed by atoms with Crippen molar-refractivity contribution in [2.45, 2.75) is 30.9 Å². The number of thioether (sulfide) groups is 1. The summed E-state index contributed by atoms with van der Waals surface area (Å²) in [4.78, 5) is 12.6. The maximum atomic E-state index is 12.6. The highest BCUT2D eigenvalue weighted by Gasteiger charge is 2.50. The summed E-state index contributed by atoms with van der Waals surface area (Å²) < 4.78 is -0.240. The Morgan fingerprint density at radius 1 is 1.42 bits per heavy atom. The Balaban J connectivity index is 2.18. The van der Waals surface area contributed by atoms with Crippen LogP contribution in [-0.2, 0) is 4.79 Å². The number of benzene rings is 1. The Morgan fingerprint density at radius 2 is 2.11 bits per heavy atom. The third-order valence-corrected chi connectivity index (χ3v) is 5.54. The lowest BCUT2D eigenvalue weighted by atomic mass is 10.0. The SMILES string of the molecule is C=C(C(=O)C1(SCCC)CC1)c1ccc(Cl)cc1Cl. The van der Waals surface area contributed by atoms with Gasteiger partial charge in [-0.1, -0.05) is 42.8 Å². The molecule has 1 aliphatic carbocycles. The molecule has 19 heavy (non-hydrogen) atoms. The van der Waals surface area contributed by atoms with Crippen molar-refractivity contribution in [1.29, 1.82) is 0 Å². The molecule has 2 rings (SSSR count). The van der Waals surface area contributed by atoms with Crippen LogP contribution in [0.5, 0.6) is 0 Å². The van der Waals surface area contributed by atoms with Gasteiger partial charge in [-0.25, -0.2) is 0 Å². The van der Waals surface area contributed by atoms with Gasteiger partial charge in [0, 0.05) is 21.2 Å². The van der Waals surface area contributed by atoms with Gasteiger partial charge in [-0.05, 0) is 37.1 Å². The van der Waals surface area contributed by atoms with Crippen molar-refractivity contribution in [3.8, 4) is 0 Å². The highest BCUT2D eigenvalue weighted by molar-refractivity contribution is 8.01. The quantitative estimate of drug-likeness (QED) is 0.667. The van der Waals surface area contributed by atoms with E-state index in [-0.39, 0.29) is 10.5 Å². The first-order chi connectivity index (χ1) is 9.00. The molecule has 1 aromatic rings. The third kappa shape index (κ3) is 3.18. The fourth-order valence-electron chi connectivity index (χ4n) is 1.98. The fourth-order valence-corrected chi connectivity index (χ4v) is 3.74. The summed E-state index contributed by atoms with van der Waals surface area (Å²) in [7, 11) is 0. The molecule has 102 valence electrons. The normalized spacial score (nSPS) is 16.2. The number of hydrogen-bond donors (Lipinski definition) is 0. The minimum Gasteiger partial charge on any atom is -0.293 e. The number of halogens is 2. The zero-order valence-corrected chi connectivity index (χ0v) is 13.2. The minimum atomic E-state index is -0.240. The predicted molar refractivity (Wildman–Crippen MR) is 85.2 cm³/mol. The lowest BCUT2D eigenvalue weighted by Gasteiger charge is -2.16. The van der Waals surface area contributed by atoms with Crippen molar-refractivity contribution in [2.75, 3.05) is 5.75 Å². The highest BCUT2D eigenvalue weighted by Crippen LogP contribution is 2.51. The molecule has 1 nitrogen and oxygen atoms in total. The topological polar surface area (TPSA) is 17.1 Å². The Bertz CT molecular complexity index is 521. The molecule has 0 bridgehead atoms. The maximum absolute atomic E-state index is 12.6. The van der Waals surface area contributed by atoms with Crippen LogP contribution in [0.1, 0.15) is 31.7 Å². The van der Waals surface area contributed by atoms with E-state index in [0.717, 1.165) is 25.0 Å². The second-order valence-electron chi connectivity index (χ2n) is 4.77. The van der Waals surface area contributed by atoms with Crippen LogP contribution < -0.4 is 0 Å². The molecule has 0 radical (unpaired) electrons. The van der Waals surface area contributed by atoms with Crippen LogP contribution in [0.2, 0.25) is 10.0 Å². The first-order valence-electron chi connectivity index (χ1n) is 6.33. The standard InChI is InChI=1S/C15H16Cl2OS/c1-3-8-19-15(6-7-15)14(18)10(2)12-5-4-11(16)9-13(12)17/h4-5,9H,2-3,6-8H2,1H3. The van der Waals surface area contributed by atoms with Gasteiger partial charge in [0.2, 0.25) is 0 Å². The molecule has 0 amide bonds. The smallest absolute Gasteiger partial charge is 0.178 e. The zero-order chi connectivity index (χ0) is 14.0. The molecule has 1 fully saturated rings. The van der Waals surface area contributed by atoms with Crippen LogP contribution >= 0.6 is 35.0 Å². The van der Waals surface area contributed by atoms with Gasteiger partial charge >= 0.3 is 0 Å². The van der Waals surface area contributed by atoms with E-state index in [9.17, 15) is 4.79 Å². The average Bonchev–Trinajstić information content (AvgIpc) is 3.16. The fraction of sp³-hybridized carbons (Fsp3) is 0.400. The molecule has 0 saturated heterocycles. The van der Waals surface area contributed by atoms with Crippen LogP contribution in [0.3, 0.4) is 0 Å². The van der Waals surface area contributed by atoms with Crippen molar-refractivity contribution < 1.29 is 4.79 Å². The molecule has 0 N–H and O–H groups in total. The Labute approximate surface area is 128 Å². The van der Waals surface area contributed by atoms with Crippen molar-refractivity contribution >= 4 is 46.3 Å². The van der Waals surface area contributed by atoms with Gasteiger partial charge in [-0.2, -0.15) is 0 Å². The van der Waals surface area contributed by atoms with Crippen molar-refractivity contribution in [3.63, 3.8) is 0 Å². The number of Topliss-reactive ketones (excluding diaryl/α,β-unsaturated/α-hetero) is 1. The molecule has 0 aliphatic heterocycles. The van der Waals surface area contributed by atoms with Crippen LogP contribution in [0, 0.1) is 0 Å². The first kappa shape index (κ1) is 15.0. The van der Waals surface area contributed by atoms with E-state index in [4.69, 9.17) is 23.2 Å². The molecule has 1 saturated carbocycles. The van der Waals surface area contributed by atoms with Crippen molar-refractivity contribution in [2.24, 2.45) is 0 Å². The van der Waals surface area contributed by atoms with Crippen LogP contribution in [0.25, 0.3) is 5.57 Å². The molecule has 0 aromatic heterocycles. The molecule has 0 heterocycles. The summed E-state index contributed by atoms with van der Waals surface area (Å²) in [6.07, 6.45) is 2.97. The number of ketones is 1. The Hall–Kier alpha value is -0.440. The van der Waals surface area contributed by atoms with Gasteiger partial charge in [0.25, 0.3) is 0 Å². The molecule has 0 spiro atoms. The molecule has 0 atom stereocenters. The summed E-state index contributed by atoms with van der Waals surface area (Å²) in [5, 5.41) is 1.05. The van der Waals surface area contributed by atoms with Crippen molar-refractivity contribution in [3.05, 3.63) is 40.4 Å². The molecule has 4 heteroatoms. The summed E-state index contributed by atoms with van der Waals surface area (Å²) in [6, 6.07) is 5.15. The monoisotopic (exact) mass is 314 g/mol. The van der Waals surface area contributed by atoms with Crippen molar-refractivity contribution in [1.82, 2.24) is 0 Å². The third-order valence-electron chi connectivity index (χ3n) is 3.23. The van der Waals surface area contributed by atoms with Crippen LogP contribution in [-0.4, -0.2) is 16.3 Å². The van der Waals surface area contributed by atoms with E-state index in [2.05, 4.69) is 13.5 Å². The molecule has 0 unspecified atom stereocenters. The second-order valence-corrected chi connectivity index (χ2v) is 7.10. The van der Waals surface area contributed by atoms with Gasteiger partial charge in [-0.3, -0.25) is 4.79 Å². The van der Waals surface area contributed by atoms with E-state index in [1.54, 1.807) is 30.0 Å².